The van der Waals surface area contributed by atoms with E-state index in [0.29, 0.717) is 11.3 Å². The first-order valence-electron chi connectivity index (χ1n) is 5.65. The Labute approximate surface area is 113 Å². The minimum atomic E-state index is -0.497. The average molecular weight is 313 g/mol. The monoisotopic (exact) mass is 312 g/mol. The van der Waals surface area contributed by atoms with Gasteiger partial charge in [0.25, 0.3) is 0 Å². The van der Waals surface area contributed by atoms with Crippen LogP contribution in [0, 0.1) is 5.82 Å². The van der Waals surface area contributed by atoms with Crippen molar-refractivity contribution in [2.75, 3.05) is 0 Å². The number of hydrazine groups is 1. The second-order valence-corrected chi connectivity index (χ2v) is 4.84. The molecule has 1 aromatic carbocycles. The van der Waals surface area contributed by atoms with Gasteiger partial charge < -0.3 is 4.42 Å². The molecular formula is C13H14BrFN2O. The molecule has 18 heavy (non-hydrogen) atoms. The van der Waals surface area contributed by atoms with E-state index in [1.54, 1.807) is 12.1 Å². The van der Waals surface area contributed by atoms with Gasteiger partial charge in [0.2, 0.25) is 0 Å². The van der Waals surface area contributed by atoms with Crippen LogP contribution in [0.15, 0.2) is 39.2 Å². The molecule has 0 saturated carbocycles. The smallest absolute Gasteiger partial charge is 0.128 e. The van der Waals surface area contributed by atoms with Gasteiger partial charge in [0.05, 0.1) is 0 Å². The Morgan fingerprint density at radius 3 is 2.78 bits per heavy atom. The van der Waals surface area contributed by atoms with Crippen molar-refractivity contribution in [2.45, 2.75) is 19.4 Å². The number of rotatable bonds is 4. The van der Waals surface area contributed by atoms with Crippen LogP contribution in [0.3, 0.4) is 0 Å². The summed E-state index contributed by atoms with van der Waals surface area (Å²) in [5.41, 5.74) is 3.03. The zero-order chi connectivity index (χ0) is 13.1. The summed E-state index contributed by atoms with van der Waals surface area (Å²) in [5, 5.41) is 0. The Balaban J connectivity index is 2.41. The molecule has 2 rings (SSSR count). The summed E-state index contributed by atoms with van der Waals surface area (Å²) in [7, 11) is 0. The third kappa shape index (κ3) is 2.63. The summed E-state index contributed by atoms with van der Waals surface area (Å²) in [6.07, 6.45) is 0.790. The molecule has 3 N–H and O–H groups in total. The number of hydrogen-bond acceptors (Lipinski definition) is 3. The van der Waals surface area contributed by atoms with Crippen LogP contribution in [0.1, 0.15) is 30.0 Å². The van der Waals surface area contributed by atoms with Gasteiger partial charge in [-0.15, -0.1) is 0 Å². The van der Waals surface area contributed by atoms with Gasteiger partial charge in [-0.05, 0) is 30.3 Å². The Kier molecular flexibility index (Phi) is 4.16. The molecule has 0 aliphatic carbocycles. The topological polar surface area (TPSA) is 51.2 Å². The predicted octanol–water partition coefficient (Wildman–Crippen LogP) is 3.30. The molecule has 0 aliphatic rings. The number of aryl methyl sites for hydroxylation is 1. The maximum absolute atomic E-state index is 13.8. The molecule has 1 aromatic heterocycles. The van der Waals surface area contributed by atoms with Crippen LogP contribution in [0.4, 0.5) is 4.39 Å². The first-order chi connectivity index (χ1) is 8.65. The van der Waals surface area contributed by atoms with Gasteiger partial charge in [-0.1, -0.05) is 22.9 Å². The number of nitrogens with one attached hydrogen (secondary N) is 1. The average Bonchev–Trinajstić information content (AvgIpc) is 2.83. The minimum absolute atomic E-state index is 0.324. The van der Waals surface area contributed by atoms with Crippen molar-refractivity contribution in [3.8, 4) is 0 Å². The van der Waals surface area contributed by atoms with E-state index < -0.39 is 6.04 Å². The molecule has 0 amide bonds. The van der Waals surface area contributed by atoms with Gasteiger partial charge in [-0.3, -0.25) is 5.84 Å². The molecule has 0 fully saturated rings. The van der Waals surface area contributed by atoms with E-state index in [9.17, 15) is 4.39 Å². The van der Waals surface area contributed by atoms with Crippen molar-refractivity contribution in [3.05, 3.63) is 57.7 Å². The first kappa shape index (κ1) is 13.3. The zero-order valence-electron chi connectivity index (χ0n) is 9.91. The predicted molar refractivity (Wildman–Crippen MR) is 71.4 cm³/mol. The molecular weight excluding hydrogens is 299 g/mol. The summed E-state index contributed by atoms with van der Waals surface area (Å²) in [5.74, 6) is 6.64. The summed E-state index contributed by atoms with van der Waals surface area (Å²) in [6.45, 7) is 1.99. The molecule has 0 radical (unpaired) electrons. The van der Waals surface area contributed by atoms with Gasteiger partial charge in [0.1, 0.15) is 23.4 Å². The highest BCUT2D eigenvalue weighted by Crippen LogP contribution is 2.27. The van der Waals surface area contributed by atoms with Gasteiger partial charge in [0, 0.05) is 16.5 Å². The number of halogens is 2. The Bertz CT molecular complexity index is 542. The normalized spacial score (nSPS) is 12.7. The lowest BCUT2D eigenvalue weighted by atomic mass is 10.0. The van der Waals surface area contributed by atoms with Crippen molar-refractivity contribution in [1.82, 2.24) is 5.43 Å². The lowest BCUT2D eigenvalue weighted by molar-refractivity contribution is 0.418. The number of furan rings is 1. The number of hydrogen-bond donors (Lipinski definition) is 2. The van der Waals surface area contributed by atoms with Crippen LogP contribution in [-0.2, 0) is 6.42 Å². The van der Waals surface area contributed by atoms with E-state index >= 15 is 0 Å². The van der Waals surface area contributed by atoms with E-state index in [0.717, 1.165) is 16.7 Å². The van der Waals surface area contributed by atoms with Crippen LogP contribution >= 0.6 is 15.9 Å². The van der Waals surface area contributed by atoms with E-state index in [2.05, 4.69) is 21.4 Å². The van der Waals surface area contributed by atoms with E-state index in [-0.39, 0.29) is 5.82 Å². The molecule has 0 aliphatic heterocycles. The van der Waals surface area contributed by atoms with Gasteiger partial charge in [0.15, 0.2) is 0 Å². The summed E-state index contributed by atoms with van der Waals surface area (Å²) < 4.78 is 20.2. The highest BCUT2D eigenvalue weighted by Gasteiger charge is 2.20. The van der Waals surface area contributed by atoms with Crippen molar-refractivity contribution in [3.63, 3.8) is 0 Å². The van der Waals surface area contributed by atoms with Crippen molar-refractivity contribution in [2.24, 2.45) is 5.84 Å². The summed E-state index contributed by atoms with van der Waals surface area (Å²) >= 11 is 3.32. The molecule has 5 heteroatoms. The largest absolute Gasteiger partial charge is 0.464 e. The fraction of sp³-hybridized carbons (Fsp3) is 0.231. The van der Waals surface area contributed by atoms with Gasteiger partial charge >= 0.3 is 0 Å². The van der Waals surface area contributed by atoms with Crippen molar-refractivity contribution < 1.29 is 8.81 Å². The van der Waals surface area contributed by atoms with Crippen LogP contribution in [-0.4, -0.2) is 0 Å². The highest BCUT2D eigenvalue weighted by atomic mass is 79.9. The third-order valence-electron chi connectivity index (χ3n) is 2.75. The molecule has 1 unspecified atom stereocenters. The molecule has 0 spiro atoms. The van der Waals surface area contributed by atoms with E-state index in [4.69, 9.17) is 10.3 Å². The van der Waals surface area contributed by atoms with Crippen LogP contribution in [0.2, 0.25) is 0 Å². The lowest BCUT2D eigenvalue weighted by Gasteiger charge is -2.15. The van der Waals surface area contributed by atoms with Crippen LogP contribution < -0.4 is 11.3 Å². The summed E-state index contributed by atoms with van der Waals surface area (Å²) in [4.78, 5) is 0. The van der Waals surface area contributed by atoms with E-state index in [1.165, 1.54) is 6.07 Å². The number of benzene rings is 1. The quantitative estimate of drug-likeness (QED) is 0.673. The maximum Gasteiger partial charge on any atom is 0.128 e. The lowest BCUT2D eigenvalue weighted by Crippen LogP contribution is -2.29. The third-order valence-corrected chi connectivity index (χ3v) is 3.24. The van der Waals surface area contributed by atoms with Crippen molar-refractivity contribution >= 4 is 15.9 Å². The second-order valence-electron chi connectivity index (χ2n) is 3.92. The standard InChI is InChI=1S/C13H14BrFN2O/c1-2-9-4-6-12(18-9)13(17-16)10-7-8(14)3-5-11(10)15/h3-7,13,17H,2,16H2,1H3. The Morgan fingerprint density at radius 2 is 2.17 bits per heavy atom. The molecule has 0 bridgehead atoms. The maximum atomic E-state index is 13.8. The molecule has 3 nitrogen and oxygen atoms in total. The minimum Gasteiger partial charge on any atom is -0.464 e. The Morgan fingerprint density at radius 1 is 1.39 bits per heavy atom. The van der Waals surface area contributed by atoms with Gasteiger partial charge in [-0.25, -0.2) is 9.82 Å². The fourth-order valence-electron chi connectivity index (χ4n) is 1.80. The molecule has 2 aromatic rings. The van der Waals surface area contributed by atoms with Crippen LogP contribution in [0.25, 0.3) is 0 Å². The molecule has 1 atom stereocenters. The van der Waals surface area contributed by atoms with Crippen LogP contribution in [0.5, 0.6) is 0 Å². The van der Waals surface area contributed by atoms with Crippen molar-refractivity contribution in [1.29, 1.82) is 0 Å². The highest BCUT2D eigenvalue weighted by molar-refractivity contribution is 9.10. The SMILES string of the molecule is CCc1ccc(C(NN)c2cc(Br)ccc2F)o1. The fourth-order valence-corrected chi connectivity index (χ4v) is 2.18. The number of nitrogens with two attached hydrogens (primary N) is 1. The summed E-state index contributed by atoms with van der Waals surface area (Å²) in [6, 6.07) is 7.91. The molecule has 0 saturated heterocycles. The molecule has 1 heterocycles. The van der Waals surface area contributed by atoms with E-state index in [1.807, 2.05) is 19.1 Å². The second kappa shape index (κ2) is 5.65. The van der Waals surface area contributed by atoms with Gasteiger partial charge in [-0.2, -0.15) is 0 Å². The molecule has 96 valence electrons. The zero-order valence-corrected chi connectivity index (χ0v) is 11.5. The Hall–Kier alpha value is -1.17. The first-order valence-corrected chi connectivity index (χ1v) is 6.44.